The third-order valence-corrected chi connectivity index (χ3v) is 6.26. The molecule has 0 bridgehead atoms. The van der Waals surface area contributed by atoms with Crippen molar-refractivity contribution in [3.8, 4) is 17.2 Å². The summed E-state index contributed by atoms with van der Waals surface area (Å²) in [7, 11) is 1.64. The minimum Gasteiger partial charge on any atom is -0.380 e. The summed E-state index contributed by atoms with van der Waals surface area (Å²) in [5, 5.41) is 15.4. The van der Waals surface area contributed by atoms with Gasteiger partial charge in [-0.3, -0.25) is 9.78 Å². The summed E-state index contributed by atoms with van der Waals surface area (Å²) in [6.45, 7) is 5.20. The Bertz CT molecular complexity index is 1240. The van der Waals surface area contributed by atoms with Gasteiger partial charge in [-0.25, -0.2) is 4.39 Å². The van der Waals surface area contributed by atoms with E-state index >= 15 is 4.39 Å². The van der Waals surface area contributed by atoms with E-state index in [2.05, 4.69) is 21.7 Å². The van der Waals surface area contributed by atoms with Crippen LogP contribution >= 0.6 is 0 Å². The number of hydrogen-bond donors (Lipinski definition) is 2. The van der Waals surface area contributed by atoms with Gasteiger partial charge in [0.25, 0.3) is 5.91 Å². The van der Waals surface area contributed by atoms with Gasteiger partial charge in [0.1, 0.15) is 18.0 Å². The van der Waals surface area contributed by atoms with E-state index in [-0.39, 0.29) is 12.5 Å². The molecule has 1 amide bonds. The van der Waals surface area contributed by atoms with Crippen LogP contribution in [0.3, 0.4) is 0 Å². The molecular formula is C26H30FN5O3. The van der Waals surface area contributed by atoms with E-state index < -0.39 is 23.9 Å². The molecule has 3 aromatic rings. The Hall–Kier alpha value is -3.32. The summed E-state index contributed by atoms with van der Waals surface area (Å²) < 4.78 is 28.0. The number of hydrogen-bond acceptors (Lipinski definition) is 6. The highest BCUT2D eigenvalue weighted by Crippen LogP contribution is 2.26. The number of aromatic nitrogens is 2. The van der Waals surface area contributed by atoms with Crippen molar-refractivity contribution in [2.24, 2.45) is 0 Å². The van der Waals surface area contributed by atoms with Gasteiger partial charge in [0, 0.05) is 44.6 Å². The minimum absolute atomic E-state index is 0.0342. The van der Waals surface area contributed by atoms with Crippen LogP contribution in [0.5, 0.6) is 0 Å². The van der Waals surface area contributed by atoms with Crippen molar-refractivity contribution >= 4 is 11.4 Å². The van der Waals surface area contributed by atoms with Gasteiger partial charge in [0.15, 0.2) is 0 Å². The summed E-state index contributed by atoms with van der Waals surface area (Å²) in [5.41, 5.74) is 4.74. The average molecular weight is 480 g/mol. The minimum atomic E-state index is -0.877. The Morgan fingerprint density at radius 1 is 1.34 bits per heavy atom. The molecule has 2 aromatic heterocycles. The van der Waals surface area contributed by atoms with Crippen LogP contribution in [0.25, 0.3) is 16.6 Å². The fourth-order valence-electron chi connectivity index (χ4n) is 4.34. The summed E-state index contributed by atoms with van der Waals surface area (Å²) in [6, 6.07) is 8.12. The smallest absolute Gasteiger partial charge is 0.251 e. The molecule has 184 valence electrons. The highest BCUT2D eigenvalue weighted by molar-refractivity contribution is 5.81. The summed E-state index contributed by atoms with van der Waals surface area (Å²) in [6.07, 6.45) is 3.91. The normalized spacial score (nSPS) is 19.5. The predicted octanol–water partition coefficient (Wildman–Crippen LogP) is 2.70. The number of carbonyl (C=O) groups is 1. The van der Waals surface area contributed by atoms with Gasteiger partial charge in [0.2, 0.25) is 0 Å². The lowest BCUT2D eigenvalue weighted by atomic mass is 10.0. The average Bonchev–Trinajstić information content (AvgIpc) is 3.24. The first-order chi connectivity index (χ1) is 16.9. The van der Waals surface area contributed by atoms with Crippen LogP contribution < -0.4 is 10.6 Å². The fraction of sp³-hybridized carbons (Fsp3) is 0.423. The topological polar surface area (TPSA) is 101 Å². The number of nitriles is 1. The van der Waals surface area contributed by atoms with Crippen molar-refractivity contribution in [1.82, 2.24) is 20.0 Å². The van der Waals surface area contributed by atoms with Gasteiger partial charge in [-0.2, -0.15) is 5.26 Å². The molecule has 0 radical (unpaired) electrons. The molecule has 1 aliphatic rings. The summed E-state index contributed by atoms with van der Waals surface area (Å²) >= 11 is 0. The Labute approximate surface area is 204 Å². The second kappa shape index (κ2) is 11.0. The van der Waals surface area contributed by atoms with Crippen molar-refractivity contribution in [1.29, 1.82) is 5.26 Å². The molecular weight excluding hydrogens is 449 g/mol. The molecule has 0 saturated carbocycles. The summed E-state index contributed by atoms with van der Waals surface area (Å²) in [4.78, 5) is 17.2. The van der Waals surface area contributed by atoms with Crippen molar-refractivity contribution < 1.29 is 18.7 Å². The largest absolute Gasteiger partial charge is 0.380 e. The van der Waals surface area contributed by atoms with Crippen molar-refractivity contribution in [3.63, 3.8) is 0 Å². The van der Waals surface area contributed by atoms with Gasteiger partial charge < -0.3 is 24.5 Å². The van der Waals surface area contributed by atoms with Crippen molar-refractivity contribution in [3.05, 3.63) is 59.4 Å². The fourth-order valence-corrected chi connectivity index (χ4v) is 4.34. The zero-order valence-electron chi connectivity index (χ0n) is 20.2. The Balaban J connectivity index is 1.42. The van der Waals surface area contributed by atoms with Gasteiger partial charge in [0.05, 0.1) is 35.7 Å². The van der Waals surface area contributed by atoms with Crippen molar-refractivity contribution in [2.45, 2.75) is 44.9 Å². The summed E-state index contributed by atoms with van der Waals surface area (Å²) in [5.74, 6) is -0.815. The number of nitrogens with one attached hydrogen (secondary N) is 2. The number of aryl methyl sites for hydroxylation is 2. The first-order valence-corrected chi connectivity index (χ1v) is 11.7. The van der Waals surface area contributed by atoms with E-state index in [1.165, 1.54) is 6.07 Å². The molecule has 9 heteroatoms. The first-order valence-electron chi connectivity index (χ1n) is 11.7. The first kappa shape index (κ1) is 24.8. The Morgan fingerprint density at radius 2 is 2.17 bits per heavy atom. The highest BCUT2D eigenvalue weighted by atomic mass is 19.1. The van der Waals surface area contributed by atoms with E-state index in [1.54, 1.807) is 13.2 Å². The lowest BCUT2D eigenvalue weighted by molar-refractivity contribution is -0.134. The van der Waals surface area contributed by atoms with Crippen LogP contribution in [0.4, 0.5) is 4.39 Å². The molecule has 1 saturated heterocycles. The quantitative estimate of drug-likeness (QED) is 0.564. The maximum absolute atomic E-state index is 15.0. The third kappa shape index (κ3) is 5.85. The monoisotopic (exact) mass is 479 g/mol. The standard InChI is InChI=1S/C26H30FN5O3/c1-16-14-32-15-20(10-24(32)17(2)30-16)18-4-5-19(23(27)9-18)8-21(11-28)31-26(33)25-13-29-12-22(34-3)6-7-35-25/h4-5,9-10,14-15,21-22,25,29H,6-8,12-13H2,1-3H3,(H,31,33)/t21-,22-,25-/m0/s1. The SMILES string of the molecule is CO[C@H]1CCO[C@H](C(=O)N[C@H](C#N)Cc2ccc(-c3cc4c(C)nc(C)cn4c3)cc2F)CNC1. The predicted molar refractivity (Wildman–Crippen MR) is 129 cm³/mol. The second-order valence-electron chi connectivity index (χ2n) is 8.85. The zero-order chi connectivity index (χ0) is 24.9. The molecule has 0 spiro atoms. The zero-order valence-corrected chi connectivity index (χ0v) is 20.2. The molecule has 1 aromatic carbocycles. The number of amides is 1. The number of methoxy groups -OCH3 is 1. The molecule has 8 nitrogen and oxygen atoms in total. The highest BCUT2D eigenvalue weighted by Gasteiger charge is 2.25. The molecule has 0 aliphatic carbocycles. The van der Waals surface area contributed by atoms with E-state index in [4.69, 9.17) is 9.47 Å². The number of ether oxygens (including phenoxy) is 2. The molecule has 1 fully saturated rings. The third-order valence-electron chi connectivity index (χ3n) is 6.26. The van der Waals surface area contributed by atoms with E-state index in [0.717, 1.165) is 28.0 Å². The van der Waals surface area contributed by atoms with Gasteiger partial charge in [-0.15, -0.1) is 0 Å². The molecule has 4 rings (SSSR count). The number of benzene rings is 1. The number of halogens is 1. The lowest BCUT2D eigenvalue weighted by Crippen LogP contribution is -2.49. The molecule has 1 aliphatic heterocycles. The lowest BCUT2D eigenvalue weighted by Gasteiger charge is -2.25. The number of carbonyl (C=O) groups excluding carboxylic acids is 1. The maximum Gasteiger partial charge on any atom is 0.251 e. The second-order valence-corrected chi connectivity index (χ2v) is 8.85. The van der Waals surface area contributed by atoms with Gasteiger partial charge in [-0.1, -0.05) is 12.1 Å². The van der Waals surface area contributed by atoms with Crippen LogP contribution in [0.1, 0.15) is 23.4 Å². The van der Waals surface area contributed by atoms with Crippen LogP contribution in [-0.2, 0) is 20.7 Å². The van der Waals surface area contributed by atoms with E-state index in [1.807, 2.05) is 42.8 Å². The molecule has 0 unspecified atom stereocenters. The Morgan fingerprint density at radius 3 is 2.91 bits per heavy atom. The number of rotatable bonds is 6. The molecule has 35 heavy (non-hydrogen) atoms. The number of nitrogens with zero attached hydrogens (tertiary/aromatic N) is 3. The van der Waals surface area contributed by atoms with E-state index in [9.17, 15) is 10.1 Å². The Kier molecular flexibility index (Phi) is 7.76. The van der Waals surface area contributed by atoms with Crippen LogP contribution in [0.2, 0.25) is 0 Å². The maximum atomic E-state index is 15.0. The number of fused-ring (bicyclic) bond motifs is 1. The van der Waals surface area contributed by atoms with Gasteiger partial charge in [-0.05, 0) is 43.5 Å². The van der Waals surface area contributed by atoms with Crippen LogP contribution in [0, 0.1) is 31.0 Å². The molecule has 3 heterocycles. The van der Waals surface area contributed by atoms with Crippen LogP contribution in [0.15, 0.2) is 36.7 Å². The van der Waals surface area contributed by atoms with Crippen LogP contribution in [-0.4, -0.2) is 60.3 Å². The van der Waals surface area contributed by atoms with E-state index in [0.29, 0.717) is 31.7 Å². The van der Waals surface area contributed by atoms with Gasteiger partial charge >= 0.3 is 0 Å². The molecule has 2 N–H and O–H groups in total. The molecule has 3 atom stereocenters. The van der Waals surface area contributed by atoms with Crippen molar-refractivity contribution in [2.75, 3.05) is 26.8 Å².